The molecule has 6 heteroatoms. The van der Waals surface area contributed by atoms with Crippen molar-refractivity contribution in [3.8, 4) is 5.75 Å². The number of likely N-dealkylation sites (tertiary alicyclic amines) is 1. The largest absolute Gasteiger partial charge is 0.494 e. The van der Waals surface area contributed by atoms with Crippen LogP contribution in [-0.2, 0) is 9.59 Å². The number of carbonyl (C=O) groups excluding carboxylic acids is 2. The van der Waals surface area contributed by atoms with Crippen LogP contribution in [0.3, 0.4) is 0 Å². The molecule has 156 valence electrons. The highest BCUT2D eigenvalue weighted by atomic mass is 16.5. The van der Waals surface area contributed by atoms with Gasteiger partial charge in [0.15, 0.2) is 0 Å². The summed E-state index contributed by atoms with van der Waals surface area (Å²) >= 11 is 0. The summed E-state index contributed by atoms with van der Waals surface area (Å²) in [5, 5.41) is 0. The van der Waals surface area contributed by atoms with Gasteiger partial charge in [-0.05, 0) is 57.1 Å². The third-order valence-electron chi connectivity index (χ3n) is 5.66. The fourth-order valence-corrected chi connectivity index (χ4v) is 3.95. The number of imide groups is 1. The zero-order valence-electron chi connectivity index (χ0n) is 17.7. The maximum Gasteiger partial charge on any atom is 0.278 e. The van der Waals surface area contributed by atoms with Crippen LogP contribution in [0.4, 0.5) is 0 Å². The molecule has 2 aliphatic heterocycles. The van der Waals surface area contributed by atoms with Gasteiger partial charge in [-0.25, -0.2) is 0 Å². The third kappa shape index (κ3) is 4.37. The van der Waals surface area contributed by atoms with E-state index >= 15 is 0 Å². The van der Waals surface area contributed by atoms with Gasteiger partial charge in [0.05, 0.1) is 12.2 Å². The Morgan fingerprint density at radius 3 is 2.41 bits per heavy atom. The Morgan fingerprint density at radius 2 is 1.83 bits per heavy atom. The molecule has 0 unspecified atom stereocenters. The number of piperidine rings is 1. The van der Waals surface area contributed by atoms with Crippen LogP contribution in [0, 0.1) is 0 Å². The monoisotopic (exact) mass is 397 g/mol. The molecule has 1 fully saturated rings. The topological polar surface area (TPSA) is 53.1 Å². The fourth-order valence-electron chi connectivity index (χ4n) is 3.95. The number of rotatable bonds is 8. The van der Waals surface area contributed by atoms with Gasteiger partial charge in [-0.3, -0.25) is 14.5 Å². The number of likely N-dealkylation sites (N-methyl/N-ethyl adjacent to an activating group) is 1. The summed E-state index contributed by atoms with van der Waals surface area (Å²) in [6, 6.07) is 7.69. The van der Waals surface area contributed by atoms with Gasteiger partial charge < -0.3 is 14.5 Å². The van der Waals surface area contributed by atoms with Gasteiger partial charge in [-0.2, -0.15) is 0 Å². The maximum atomic E-state index is 13.2. The van der Waals surface area contributed by atoms with Crippen LogP contribution >= 0.6 is 0 Å². The van der Waals surface area contributed by atoms with Gasteiger partial charge in [0.2, 0.25) is 0 Å². The Hall–Kier alpha value is -2.60. The van der Waals surface area contributed by atoms with E-state index in [1.54, 1.807) is 6.08 Å². The second kappa shape index (κ2) is 9.27. The molecule has 3 rings (SSSR count). The molecule has 0 spiro atoms. The summed E-state index contributed by atoms with van der Waals surface area (Å²) in [5.74, 6) is 0.269. The van der Waals surface area contributed by atoms with Crippen LogP contribution in [0.25, 0.3) is 5.57 Å². The van der Waals surface area contributed by atoms with Gasteiger partial charge in [-0.1, -0.05) is 25.1 Å². The predicted octanol–water partition coefficient (Wildman–Crippen LogP) is 2.77. The van der Waals surface area contributed by atoms with E-state index in [1.807, 2.05) is 36.2 Å². The Kier molecular flexibility index (Phi) is 6.75. The molecular weight excluding hydrogens is 366 g/mol. The van der Waals surface area contributed by atoms with E-state index in [9.17, 15) is 9.59 Å². The van der Waals surface area contributed by atoms with Crippen molar-refractivity contribution in [1.29, 1.82) is 0 Å². The standard InChI is InChI=1S/C23H31N3O3/c1-5-13-26-22(27)20(17-7-9-19(10-8-17)29-16-6-2)21(23(26)28)25(4)18-11-14-24(3)15-12-18/h5,7-10,18H,1,6,11-16H2,2-4H3. The summed E-state index contributed by atoms with van der Waals surface area (Å²) < 4.78 is 5.65. The Morgan fingerprint density at radius 1 is 1.17 bits per heavy atom. The van der Waals surface area contributed by atoms with E-state index in [4.69, 9.17) is 4.74 Å². The highest BCUT2D eigenvalue weighted by Crippen LogP contribution is 2.34. The highest BCUT2D eigenvalue weighted by Gasteiger charge is 2.41. The van der Waals surface area contributed by atoms with E-state index in [1.165, 1.54) is 4.90 Å². The van der Waals surface area contributed by atoms with Crippen molar-refractivity contribution in [2.45, 2.75) is 32.2 Å². The molecule has 1 saturated heterocycles. The molecule has 0 aliphatic carbocycles. The van der Waals surface area contributed by atoms with Crippen molar-refractivity contribution in [1.82, 2.24) is 14.7 Å². The van der Waals surface area contributed by atoms with Gasteiger partial charge in [0.1, 0.15) is 11.4 Å². The van der Waals surface area contributed by atoms with Crippen molar-refractivity contribution in [3.05, 3.63) is 48.2 Å². The smallest absolute Gasteiger partial charge is 0.278 e. The van der Waals surface area contributed by atoms with Gasteiger partial charge in [-0.15, -0.1) is 6.58 Å². The van der Waals surface area contributed by atoms with Gasteiger partial charge in [0, 0.05) is 19.6 Å². The summed E-state index contributed by atoms with van der Waals surface area (Å²) in [7, 11) is 4.05. The number of hydrogen-bond donors (Lipinski definition) is 0. The van der Waals surface area contributed by atoms with Crippen molar-refractivity contribution < 1.29 is 14.3 Å². The summed E-state index contributed by atoms with van der Waals surface area (Å²) in [5.41, 5.74) is 1.71. The predicted molar refractivity (Wildman–Crippen MR) is 114 cm³/mol. The van der Waals surface area contributed by atoms with E-state index in [0.29, 0.717) is 17.9 Å². The second-order valence-corrected chi connectivity index (χ2v) is 7.75. The Balaban J connectivity index is 1.95. The highest BCUT2D eigenvalue weighted by molar-refractivity contribution is 6.35. The van der Waals surface area contributed by atoms with E-state index in [0.717, 1.165) is 43.7 Å². The minimum absolute atomic E-state index is 0.212. The summed E-state index contributed by atoms with van der Waals surface area (Å²) in [6.07, 6.45) is 4.46. The number of nitrogens with zero attached hydrogens (tertiary/aromatic N) is 3. The molecule has 29 heavy (non-hydrogen) atoms. The molecule has 0 atom stereocenters. The molecule has 6 nitrogen and oxygen atoms in total. The van der Waals surface area contributed by atoms with E-state index in [2.05, 4.69) is 25.5 Å². The molecule has 0 saturated carbocycles. The Bertz CT molecular complexity index is 792. The molecule has 0 aromatic heterocycles. The van der Waals surface area contributed by atoms with Crippen LogP contribution in [-0.4, -0.2) is 72.9 Å². The molecular formula is C23H31N3O3. The number of benzene rings is 1. The lowest BCUT2D eigenvalue weighted by Gasteiger charge is -2.36. The second-order valence-electron chi connectivity index (χ2n) is 7.75. The first-order valence-electron chi connectivity index (χ1n) is 10.3. The lowest BCUT2D eigenvalue weighted by Crippen LogP contribution is -2.43. The lowest BCUT2D eigenvalue weighted by molar-refractivity contribution is -0.137. The average molecular weight is 398 g/mol. The zero-order valence-corrected chi connectivity index (χ0v) is 17.7. The van der Waals surface area contributed by atoms with Crippen molar-refractivity contribution >= 4 is 17.4 Å². The average Bonchev–Trinajstić information content (AvgIpc) is 2.97. The molecule has 1 aromatic carbocycles. The van der Waals surface area contributed by atoms with Gasteiger partial charge in [0.25, 0.3) is 11.8 Å². The molecule has 2 heterocycles. The first-order valence-corrected chi connectivity index (χ1v) is 10.3. The molecule has 2 aliphatic rings. The normalized spacial score (nSPS) is 18.5. The van der Waals surface area contributed by atoms with Crippen LogP contribution in [0.5, 0.6) is 5.75 Å². The lowest BCUT2D eigenvalue weighted by atomic mass is 10.00. The minimum atomic E-state index is -0.257. The van der Waals surface area contributed by atoms with Crippen LogP contribution in [0.15, 0.2) is 42.6 Å². The first-order chi connectivity index (χ1) is 14.0. The van der Waals surface area contributed by atoms with E-state index < -0.39 is 0 Å². The van der Waals surface area contributed by atoms with Crippen molar-refractivity contribution in [2.75, 3.05) is 40.3 Å². The molecule has 0 radical (unpaired) electrons. The minimum Gasteiger partial charge on any atom is -0.494 e. The number of amides is 2. The maximum absolute atomic E-state index is 13.2. The van der Waals surface area contributed by atoms with Crippen molar-refractivity contribution in [3.63, 3.8) is 0 Å². The zero-order chi connectivity index (χ0) is 21.0. The number of carbonyl (C=O) groups is 2. The molecule has 0 bridgehead atoms. The quantitative estimate of drug-likeness (QED) is 0.499. The first kappa shape index (κ1) is 21.1. The number of ether oxygens (including phenoxy) is 1. The van der Waals surface area contributed by atoms with Crippen LogP contribution < -0.4 is 4.74 Å². The molecule has 2 amide bonds. The van der Waals surface area contributed by atoms with Crippen LogP contribution in [0.2, 0.25) is 0 Å². The van der Waals surface area contributed by atoms with Crippen molar-refractivity contribution in [2.24, 2.45) is 0 Å². The molecule has 0 N–H and O–H groups in total. The van der Waals surface area contributed by atoms with Gasteiger partial charge >= 0.3 is 0 Å². The van der Waals surface area contributed by atoms with Crippen LogP contribution in [0.1, 0.15) is 31.7 Å². The SMILES string of the molecule is C=CCN1C(=O)C(c2ccc(OCCC)cc2)=C(N(C)C2CCN(C)CC2)C1=O. The van der Waals surface area contributed by atoms with E-state index in [-0.39, 0.29) is 24.4 Å². The Labute approximate surface area is 173 Å². The summed E-state index contributed by atoms with van der Waals surface area (Å²) in [6.45, 7) is 8.59. The summed E-state index contributed by atoms with van der Waals surface area (Å²) in [4.78, 5) is 31.9. The molecule has 1 aromatic rings. The fraction of sp³-hybridized carbons (Fsp3) is 0.478. The number of hydrogen-bond acceptors (Lipinski definition) is 5. The third-order valence-corrected chi connectivity index (χ3v) is 5.66.